The highest BCUT2D eigenvalue weighted by Crippen LogP contribution is 2.35. The zero-order valence-electron chi connectivity index (χ0n) is 18.8. The maximum absolute atomic E-state index is 13.5. The molecule has 0 atom stereocenters. The lowest BCUT2D eigenvalue weighted by molar-refractivity contribution is 0.0693. The Morgan fingerprint density at radius 2 is 1.94 bits per heavy atom. The van der Waals surface area contributed by atoms with Crippen molar-refractivity contribution in [2.45, 2.75) is 32.0 Å². The molecule has 0 bridgehead atoms. The molecule has 3 aromatic rings. The lowest BCUT2D eigenvalue weighted by Crippen LogP contribution is -2.39. The second-order valence-corrected chi connectivity index (χ2v) is 8.63. The van der Waals surface area contributed by atoms with E-state index in [0.717, 1.165) is 43.8 Å². The van der Waals surface area contributed by atoms with Crippen LogP contribution < -0.4 is 14.4 Å². The van der Waals surface area contributed by atoms with Gasteiger partial charge in [0.05, 0.1) is 6.20 Å². The van der Waals surface area contributed by atoms with Crippen molar-refractivity contribution in [3.8, 4) is 17.2 Å². The Kier molecular flexibility index (Phi) is 6.02. The van der Waals surface area contributed by atoms with Gasteiger partial charge < -0.3 is 19.5 Å². The lowest BCUT2D eigenvalue weighted by Gasteiger charge is -2.33. The number of fused-ring (bicyclic) bond motifs is 1. The van der Waals surface area contributed by atoms with E-state index in [4.69, 9.17) is 9.47 Å². The normalized spacial score (nSPS) is 16.4. The van der Waals surface area contributed by atoms with Gasteiger partial charge in [-0.05, 0) is 36.9 Å². The van der Waals surface area contributed by atoms with Crippen molar-refractivity contribution >= 4 is 11.8 Å². The third kappa shape index (κ3) is 4.51. The Labute approximate surface area is 196 Å². The highest BCUT2D eigenvalue weighted by Gasteiger charge is 2.27. The number of anilines is 1. The van der Waals surface area contributed by atoms with Crippen LogP contribution in [0.4, 0.5) is 10.2 Å². The molecule has 34 heavy (non-hydrogen) atoms. The first-order chi connectivity index (χ1) is 16.5. The summed E-state index contributed by atoms with van der Waals surface area (Å²) in [5.41, 5.74) is 2.33. The van der Waals surface area contributed by atoms with Crippen molar-refractivity contribution in [3.63, 3.8) is 0 Å². The fourth-order valence-electron chi connectivity index (χ4n) is 4.53. The summed E-state index contributed by atoms with van der Waals surface area (Å²) in [7, 11) is 2.11. The topological polar surface area (TPSA) is 88.0 Å². The van der Waals surface area contributed by atoms with E-state index in [1.807, 2.05) is 12.1 Å². The van der Waals surface area contributed by atoms with Crippen LogP contribution in [0, 0.1) is 5.82 Å². The summed E-state index contributed by atoms with van der Waals surface area (Å²) in [5, 5.41) is 9.40. The molecular weight excluding hydrogens is 439 g/mol. The molecule has 1 saturated heterocycles. The van der Waals surface area contributed by atoms with Crippen molar-refractivity contribution in [2.24, 2.45) is 0 Å². The molecule has 0 unspecified atom stereocenters. The molecule has 3 heterocycles. The van der Waals surface area contributed by atoms with E-state index in [1.54, 1.807) is 0 Å². The van der Waals surface area contributed by atoms with Crippen LogP contribution in [0.15, 0.2) is 48.9 Å². The van der Waals surface area contributed by atoms with Gasteiger partial charge in [-0.1, -0.05) is 12.1 Å². The molecule has 2 aliphatic heterocycles. The van der Waals surface area contributed by atoms with Gasteiger partial charge >= 0.3 is 5.97 Å². The maximum Gasteiger partial charge on any atom is 0.339 e. The predicted octanol–water partition coefficient (Wildman–Crippen LogP) is 4.10. The summed E-state index contributed by atoms with van der Waals surface area (Å²) in [6.45, 7) is 3.23. The van der Waals surface area contributed by atoms with E-state index in [-0.39, 0.29) is 17.4 Å². The van der Waals surface area contributed by atoms with Crippen LogP contribution in [-0.2, 0) is 13.1 Å². The third-order valence-corrected chi connectivity index (χ3v) is 6.18. The molecule has 0 saturated carbocycles. The number of hydrogen-bond donors (Lipinski definition) is 1. The Hall–Kier alpha value is -3.72. The van der Waals surface area contributed by atoms with Crippen LogP contribution in [0.5, 0.6) is 17.2 Å². The lowest BCUT2D eigenvalue weighted by atomic mass is 10.1. The second-order valence-electron chi connectivity index (χ2n) is 8.63. The number of aromatic nitrogens is 2. The first kappa shape index (κ1) is 22.1. The highest BCUT2D eigenvalue weighted by atomic mass is 19.1. The Morgan fingerprint density at radius 1 is 1.12 bits per heavy atom. The molecule has 9 heteroatoms. The number of nitrogens with zero attached hydrogens (tertiary/aromatic N) is 4. The average molecular weight is 464 g/mol. The minimum absolute atomic E-state index is 0.0334. The molecule has 0 spiro atoms. The van der Waals surface area contributed by atoms with Crippen molar-refractivity contribution in [1.82, 2.24) is 14.9 Å². The van der Waals surface area contributed by atoms with Gasteiger partial charge in [-0.3, -0.25) is 4.90 Å². The number of benzene rings is 2. The molecule has 1 aromatic heterocycles. The number of aromatic carboxylic acids is 1. The summed E-state index contributed by atoms with van der Waals surface area (Å²) in [5.74, 6) is -0.0392. The summed E-state index contributed by atoms with van der Waals surface area (Å²) < 4.78 is 25.8. The van der Waals surface area contributed by atoms with E-state index in [2.05, 4.69) is 32.9 Å². The first-order valence-electron chi connectivity index (χ1n) is 11.2. The summed E-state index contributed by atoms with van der Waals surface area (Å²) in [6.07, 6.45) is 4.62. The molecule has 176 valence electrons. The van der Waals surface area contributed by atoms with Crippen molar-refractivity contribution in [3.05, 3.63) is 71.4 Å². The number of carboxylic acids is 1. The molecule has 0 amide bonds. The smallest absolute Gasteiger partial charge is 0.339 e. The van der Waals surface area contributed by atoms with E-state index in [9.17, 15) is 14.3 Å². The molecule has 2 aliphatic rings. The zero-order valence-corrected chi connectivity index (χ0v) is 18.8. The van der Waals surface area contributed by atoms with Crippen molar-refractivity contribution in [2.75, 3.05) is 25.0 Å². The molecule has 1 N–H and O–H groups in total. The van der Waals surface area contributed by atoms with Gasteiger partial charge in [0.25, 0.3) is 0 Å². The Morgan fingerprint density at radius 3 is 2.74 bits per heavy atom. The molecular formula is C25H25FN4O4. The monoisotopic (exact) mass is 464 g/mol. The van der Waals surface area contributed by atoms with Crippen molar-refractivity contribution in [1.29, 1.82) is 0 Å². The minimum atomic E-state index is -1.27. The van der Waals surface area contributed by atoms with Crippen LogP contribution in [0.1, 0.15) is 34.3 Å². The number of piperidine rings is 1. The summed E-state index contributed by atoms with van der Waals surface area (Å²) in [4.78, 5) is 24.3. The quantitative estimate of drug-likeness (QED) is 0.584. The fraction of sp³-hybridized carbons (Fsp3) is 0.320. The maximum atomic E-state index is 13.5. The molecule has 0 aliphatic carbocycles. The number of halogens is 1. The molecule has 2 aromatic carbocycles. The predicted molar refractivity (Wildman–Crippen MR) is 123 cm³/mol. The van der Waals surface area contributed by atoms with Gasteiger partial charge in [0.15, 0.2) is 11.6 Å². The summed E-state index contributed by atoms with van der Waals surface area (Å²) in [6, 6.07) is 9.64. The number of hydrogen-bond acceptors (Lipinski definition) is 7. The molecule has 8 nitrogen and oxygen atoms in total. The Bertz CT molecular complexity index is 1210. The van der Waals surface area contributed by atoms with Gasteiger partial charge in [-0.2, -0.15) is 0 Å². The SMILES string of the molecule is CN1Cc2cccc(OC3CCN(c4ncncc4Oc4ccc(F)cc4C(=O)O)CC3)c2C1. The van der Waals surface area contributed by atoms with Gasteiger partial charge in [0, 0.05) is 44.6 Å². The number of carbonyl (C=O) groups is 1. The third-order valence-electron chi connectivity index (χ3n) is 6.18. The van der Waals surface area contributed by atoms with E-state index in [1.165, 1.54) is 29.7 Å². The highest BCUT2D eigenvalue weighted by molar-refractivity contribution is 5.91. The largest absolute Gasteiger partial charge is 0.490 e. The van der Waals surface area contributed by atoms with Crippen molar-refractivity contribution < 1.29 is 23.8 Å². The summed E-state index contributed by atoms with van der Waals surface area (Å²) >= 11 is 0. The van der Waals surface area contributed by atoms with E-state index in [0.29, 0.717) is 24.7 Å². The molecule has 0 radical (unpaired) electrons. The second kappa shape index (κ2) is 9.26. The first-order valence-corrected chi connectivity index (χ1v) is 11.2. The van der Waals surface area contributed by atoms with Gasteiger partial charge in [0.1, 0.15) is 35.3 Å². The molecule has 1 fully saturated rings. The van der Waals surface area contributed by atoms with Crippen LogP contribution in [0.25, 0.3) is 0 Å². The van der Waals surface area contributed by atoms with E-state index >= 15 is 0 Å². The van der Waals surface area contributed by atoms with Gasteiger partial charge in [-0.15, -0.1) is 0 Å². The van der Waals surface area contributed by atoms with Crippen LogP contribution in [0.2, 0.25) is 0 Å². The van der Waals surface area contributed by atoms with Crippen LogP contribution in [0.3, 0.4) is 0 Å². The van der Waals surface area contributed by atoms with Crippen LogP contribution >= 0.6 is 0 Å². The molecule has 5 rings (SSSR count). The number of ether oxygens (including phenoxy) is 2. The average Bonchev–Trinajstić information content (AvgIpc) is 3.22. The van der Waals surface area contributed by atoms with E-state index < -0.39 is 11.8 Å². The Balaban J connectivity index is 1.28. The van der Waals surface area contributed by atoms with Gasteiger partial charge in [0.2, 0.25) is 0 Å². The van der Waals surface area contributed by atoms with Gasteiger partial charge in [-0.25, -0.2) is 19.2 Å². The zero-order chi connectivity index (χ0) is 23.7. The van der Waals surface area contributed by atoms with Crippen LogP contribution in [-0.4, -0.2) is 52.2 Å². The number of rotatable bonds is 6. The minimum Gasteiger partial charge on any atom is -0.490 e. The number of carboxylic acid groups (broad SMARTS) is 1. The standard InChI is InChI=1S/C25H25FN4O4/c1-29-13-16-3-2-4-21(20(16)14-29)33-18-7-9-30(10-8-18)24-23(12-27-15-28-24)34-22-6-5-17(26)11-19(22)25(31)32/h2-6,11-12,15,18H,7-10,13-14H2,1H3,(H,31,32). The fourth-order valence-corrected chi connectivity index (χ4v) is 4.53.